The highest BCUT2D eigenvalue weighted by Crippen LogP contribution is 2.18. The second-order valence-electron chi connectivity index (χ2n) is 5.07. The van der Waals surface area contributed by atoms with Gasteiger partial charge in [0.2, 0.25) is 10.0 Å². The summed E-state index contributed by atoms with van der Waals surface area (Å²) in [6, 6.07) is 5.06. The lowest BCUT2D eigenvalue weighted by atomic mass is 10.3. The second kappa shape index (κ2) is 8.00. The van der Waals surface area contributed by atoms with Gasteiger partial charge in [0, 0.05) is 39.8 Å². The molecule has 2 rings (SSSR count). The molecule has 0 unspecified atom stereocenters. The quantitative estimate of drug-likeness (QED) is 0.614. The molecule has 1 saturated heterocycles. The molecule has 0 atom stereocenters. The number of benzene rings is 1. The summed E-state index contributed by atoms with van der Waals surface area (Å²) in [7, 11) is -2.06. The molecule has 9 heteroatoms. The Morgan fingerprint density at radius 3 is 2.65 bits per heavy atom. The Labute approximate surface area is 141 Å². The number of hydrogen-bond donors (Lipinski definition) is 1. The minimum Gasteiger partial charge on any atom is -0.383 e. The number of piperazine rings is 1. The maximum absolute atomic E-state index is 13.3. The van der Waals surface area contributed by atoms with E-state index in [9.17, 15) is 12.8 Å². The van der Waals surface area contributed by atoms with Gasteiger partial charge in [0.1, 0.15) is 5.82 Å². The molecule has 6 nitrogen and oxygen atoms in total. The predicted molar refractivity (Wildman–Crippen MR) is 89.2 cm³/mol. The van der Waals surface area contributed by atoms with Crippen LogP contribution in [0, 0.1) is 5.82 Å². The topological polar surface area (TPSA) is 61.9 Å². The summed E-state index contributed by atoms with van der Waals surface area (Å²) in [6.07, 6.45) is 0. The van der Waals surface area contributed by atoms with Gasteiger partial charge in [0.15, 0.2) is 5.11 Å². The first-order chi connectivity index (χ1) is 10.9. The number of methoxy groups -OCH3 is 1. The van der Waals surface area contributed by atoms with Crippen LogP contribution < -0.4 is 5.32 Å². The molecule has 1 aromatic rings. The maximum Gasteiger partial charge on any atom is 0.243 e. The van der Waals surface area contributed by atoms with Crippen molar-refractivity contribution in [2.45, 2.75) is 4.90 Å². The summed E-state index contributed by atoms with van der Waals surface area (Å²) >= 11 is 5.27. The average molecular weight is 361 g/mol. The first-order valence-electron chi connectivity index (χ1n) is 7.22. The molecule has 128 valence electrons. The normalized spacial score (nSPS) is 16.3. The van der Waals surface area contributed by atoms with Crippen molar-refractivity contribution in [3.8, 4) is 0 Å². The van der Waals surface area contributed by atoms with Crippen molar-refractivity contribution in [2.75, 3.05) is 46.4 Å². The lowest BCUT2D eigenvalue weighted by molar-refractivity contribution is 0.201. The first kappa shape index (κ1) is 18.1. The van der Waals surface area contributed by atoms with Crippen molar-refractivity contribution in [3.05, 3.63) is 30.1 Å². The summed E-state index contributed by atoms with van der Waals surface area (Å²) in [6.45, 7) is 2.77. The molecule has 1 aromatic carbocycles. The van der Waals surface area contributed by atoms with E-state index in [1.807, 2.05) is 4.90 Å². The van der Waals surface area contributed by atoms with Crippen LogP contribution in [0.3, 0.4) is 0 Å². The van der Waals surface area contributed by atoms with E-state index in [1.165, 1.54) is 22.5 Å². The molecular weight excluding hydrogens is 341 g/mol. The standard InChI is InChI=1S/C14H20FN3O3S2/c1-21-10-5-16-14(22)17-6-8-18(9-7-17)23(19,20)13-4-2-3-12(15)11-13/h2-4,11H,5-10H2,1H3,(H,16,22). The third-order valence-electron chi connectivity index (χ3n) is 3.54. The number of halogens is 1. The number of ether oxygens (including phenoxy) is 1. The molecular formula is C14H20FN3O3S2. The third-order valence-corrected chi connectivity index (χ3v) is 5.84. The molecule has 0 saturated carbocycles. The Balaban J connectivity index is 1.94. The Morgan fingerprint density at radius 1 is 1.35 bits per heavy atom. The van der Waals surface area contributed by atoms with Crippen molar-refractivity contribution in [2.24, 2.45) is 0 Å². The molecule has 23 heavy (non-hydrogen) atoms. The van der Waals surface area contributed by atoms with Crippen LogP contribution in [0.15, 0.2) is 29.2 Å². The van der Waals surface area contributed by atoms with Gasteiger partial charge in [0.25, 0.3) is 0 Å². The largest absolute Gasteiger partial charge is 0.383 e. The number of sulfonamides is 1. The first-order valence-corrected chi connectivity index (χ1v) is 9.07. The van der Waals surface area contributed by atoms with E-state index in [-0.39, 0.29) is 4.90 Å². The van der Waals surface area contributed by atoms with Crippen LogP contribution in [0.5, 0.6) is 0 Å². The van der Waals surface area contributed by atoms with Gasteiger partial charge >= 0.3 is 0 Å². The van der Waals surface area contributed by atoms with Gasteiger partial charge in [-0.2, -0.15) is 4.31 Å². The summed E-state index contributed by atoms with van der Waals surface area (Å²) in [5.74, 6) is -0.562. The minimum atomic E-state index is -3.67. The maximum atomic E-state index is 13.3. The highest BCUT2D eigenvalue weighted by Gasteiger charge is 2.29. The summed E-state index contributed by atoms with van der Waals surface area (Å²) in [5.41, 5.74) is 0. The Kier molecular flexibility index (Phi) is 6.28. The molecule has 0 aromatic heterocycles. The van der Waals surface area contributed by atoms with Crippen LogP contribution in [-0.4, -0.2) is 69.2 Å². The molecule has 0 aliphatic carbocycles. The molecule has 1 N–H and O–H groups in total. The number of hydrogen-bond acceptors (Lipinski definition) is 4. The van der Waals surface area contributed by atoms with Gasteiger partial charge in [-0.1, -0.05) is 6.07 Å². The molecule has 1 aliphatic heterocycles. The number of nitrogens with zero attached hydrogens (tertiary/aromatic N) is 2. The zero-order valence-electron chi connectivity index (χ0n) is 12.9. The van der Waals surface area contributed by atoms with Gasteiger partial charge in [-0.3, -0.25) is 0 Å². The summed E-state index contributed by atoms with van der Waals surface area (Å²) in [4.78, 5) is 1.90. The molecule has 0 bridgehead atoms. The Hall–Kier alpha value is -1.29. The van der Waals surface area contributed by atoms with E-state index in [0.717, 1.165) is 6.07 Å². The van der Waals surface area contributed by atoms with Crippen LogP contribution in [-0.2, 0) is 14.8 Å². The van der Waals surface area contributed by atoms with Gasteiger partial charge in [-0.25, -0.2) is 12.8 Å². The van der Waals surface area contributed by atoms with Gasteiger partial charge in [0.05, 0.1) is 11.5 Å². The number of rotatable bonds is 5. The number of nitrogens with one attached hydrogen (secondary N) is 1. The lowest BCUT2D eigenvalue weighted by Crippen LogP contribution is -2.53. The van der Waals surface area contributed by atoms with Crippen LogP contribution in [0.25, 0.3) is 0 Å². The summed E-state index contributed by atoms with van der Waals surface area (Å²) in [5, 5.41) is 3.65. The van der Waals surface area contributed by atoms with Crippen molar-refractivity contribution in [1.29, 1.82) is 0 Å². The summed E-state index contributed by atoms with van der Waals surface area (Å²) < 4.78 is 44.6. The van der Waals surface area contributed by atoms with Crippen LogP contribution in [0.2, 0.25) is 0 Å². The van der Waals surface area contributed by atoms with Gasteiger partial charge < -0.3 is 15.0 Å². The lowest BCUT2D eigenvalue weighted by Gasteiger charge is -2.35. The molecule has 0 amide bonds. The van der Waals surface area contributed by atoms with Crippen molar-refractivity contribution < 1.29 is 17.5 Å². The smallest absolute Gasteiger partial charge is 0.243 e. The highest BCUT2D eigenvalue weighted by atomic mass is 32.2. The van der Waals surface area contributed by atoms with E-state index in [2.05, 4.69) is 5.32 Å². The fraction of sp³-hybridized carbons (Fsp3) is 0.500. The zero-order chi connectivity index (χ0) is 16.9. The van der Waals surface area contributed by atoms with E-state index in [0.29, 0.717) is 44.4 Å². The van der Waals surface area contributed by atoms with Gasteiger partial charge in [-0.15, -0.1) is 0 Å². The zero-order valence-corrected chi connectivity index (χ0v) is 14.5. The Bertz CT molecular complexity index is 646. The molecule has 1 fully saturated rings. The van der Waals surface area contributed by atoms with E-state index < -0.39 is 15.8 Å². The third kappa shape index (κ3) is 4.60. The van der Waals surface area contributed by atoms with Crippen molar-refractivity contribution in [3.63, 3.8) is 0 Å². The average Bonchev–Trinajstić information content (AvgIpc) is 2.55. The predicted octanol–water partition coefficient (Wildman–Crippen LogP) is 0.653. The van der Waals surface area contributed by atoms with E-state index in [1.54, 1.807) is 7.11 Å². The van der Waals surface area contributed by atoms with Crippen molar-refractivity contribution >= 4 is 27.4 Å². The minimum absolute atomic E-state index is 0.0215. The van der Waals surface area contributed by atoms with Crippen molar-refractivity contribution in [1.82, 2.24) is 14.5 Å². The van der Waals surface area contributed by atoms with E-state index in [4.69, 9.17) is 17.0 Å². The SMILES string of the molecule is COCCNC(=S)N1CCN(S(=O)(=O)c2cccc(F)c2)CC1. The van der Waals surface area contributed by atoms with Crippen LogP contribution in [0.1, 0.15) is 0 Å². The molecule has 0 radical (unpaired) electrons. The van der Waals surface area contributed by atoms with Crippen LogP contribution >= 0.6 is 12.2 Å². The highest BCUT2D eigenvalue weighted by molar-refractivity contribution is 7.89. The van der Waals surface area contributed by atoms with E-state index >= 15 is 0 Å². The number of thiocarbonyl (C=S) groups is 1. The second-order valence-corrected chi connectivity index (χ2v) is 7.40. The fourth-order valence-electron chi connectivity index (χ4n) is 2.28. The molecule has 0 spiro atoms. The van der Waals surface area contributed by atoms with Crippen LogP contribution in [0.4, 0.5) is 4.39 Å². The fourth-order valence-corrected chi connectivity index (χ4v) is 4.02. The monoisotopic (exact) mass is 361 g/mol. The Morgan fingerprint density at radius 2 is 2.04 bits per heavy atom. The molecule has 1 aliphatic rings. The molecule has 1 heterocycles. The van der Waals surface area contributed by atoms with Gasteiger partial charge in [-0.05, 0) is 30.4 Å².